The molecule has 1 aliphatic rings. The third-order valence-corrected chi connectivity index (χ3v) is 5.25. The molecular formula is C21H31FN4O4. The van der Waals surface area contributed by atoms with Crippen LogP contribution in [0.25, 0.3) is 0 Å². The van der Waals surface area contributed by atoms with Gasteiger partial charge in [0.2, 0.25) is 5.91 Å². The van der Waals surface area contributed by atoms with E-state index in [4.69, 9.17) is 4.74 Å². The van der Waals surface area contributed by atoms with Gasteiger partial charge in [-0.05, 0) is 25.0 Å². The smallest absolute Gasteiger partial charge is 0.325 e. The average Bonchev–Trinajstić information content (AvgIpc) is 2.76. The van der Waals surface area contributed by atoms with Gasteiger partial charge in [0.1, 0.15) is 18.4 Å². The van der Waals surface area contributed by atoms with Crippen molar-refractivity contribution >= 4 is 23.6 Å². The molecule has 2 rings (SSSR count). The first-order valence-corrected chi connectivity index (χ1v) is 10.4. The topological polar surface area (TPSA) is 91.0 Å². The Morgan fingerprint density at radius 1 is 1.13 bits per heavy atom. The van der Waals surface area contributed by atoms with Crippen LogP contribution in [0.2, 0.25) is 0 Å². The standard InChI is InChI=1S/C21H31FN4O4/c1-4-15(3)19(24-21(29)23-14-18(27)30-5-2)20(28)26-12-10-25(11-13-26)17-9-7-6-8-16(17)22/h6-9,15,19H,4-5,10-14H2,1-3H3,(H2,23,24,29). The van der Waals surface area contributed by atoms with Crippen molar-refractivity contribution in [3.8, 4) is 0 Å². The molecule has 3 amide bonds. The Labute approximate surface area is 176 Å². The third kappa shape index (κ3) is 6.33. The Hall–Kier alpha value is -2.84. The molecule has 1 saturated heterocycles. The fourth-order valence-corrected chi connectivity index (χ4v) is 3.31. The Balaban J connectivity index is 1.94. The van der Waals surface area contributed by atoms with Gasteiger partial charge in [-0.25, -0.2) is 9.18 Å². The number of ether oxygens (including phenoxy) is 1. The van der Waals surface area contributed by atoms with E-state index >= 15 is 0 Å². The average molecular weight is 423 g/mol. The predicted octanol–water partition coefficient (Wildman–Crippen LogP) is 1.75. The van der Waals surface area contributed by atoms with Gasteiger partial charge in [-0.15, -0.1) is 0 Å². The van der Waals surface area contributed by atoms with Crippen LogP contribution in [0.1, 0.15) is 27.2 Å². The van der Waals surface area contributed by atoms with Crippen LogP contribution in [0, 0.1) is 11.7 Å². The van der Waals surface area contributed by atoms with Crippen molar-refractivity contribution in [2.24, 2.45) is 5.92 Å². The Morgan fingerprint density at radius 3 is 2.40 bits per heavy atom. The van der Waals surface area contributed by atoms with Crippen molar-refractivity contribution in [3.05, 3.63) is 30.1 Å². The van der Waals surface area contributed by atoms with Gasteiger partial charge in [-0.3, -0.25) is 9.59 Å². The van der Waals surface area contributed by atoms with E-state index in [1.54, 1.807) is 30.0 Å². The van der Waals surface area contributed by atoms with Crippen LogP contribution in [0.15, 0.2) is 24.3 Å². The van der Waals surface area contributed by atoms with Crippen LogP contribution < -0.4 is 15.5 Å². The van der Waals surface area contributed by atoms with E-state index in [9.17, 15) is 18.8 Å². The molecule has 1 aromatic rings. The summed E-state index contributed by atoms with van der Waals surface area (Å²) in [6.45, 7) is 7.38. The van der Waals surface area contributed by atoms with Crippen molar-refractivity contribution in [3.63, 3.8) is 0 Å². The molecule has 8 nitrogen and oxygen atoms in total. The van der Waals surface area contributed by atoms with Gasteiger partial charge in [0, 0.05) is 26.2 Å². The number of carbonyl (C=O) groups is 3. The number of amides is 3. The van der Waals surface area contributed by atoms with E-state index in [2.05, 4.69) is 10.6 Å². The lowest BCUT2D eigenvalue weighted by atomic mass is 9.97. The maximum atomic E-state index is 14.0. The number of benzene rings is 1. The fourth-order valence-electron chi connectivity index (χ4n) is 3.31. The predicted molar refractivity (Wildman–Crippen MR) is 112 cm³/mol. The number of nitrogens with zero attached hydrogens (tertiary/aromatic N) is 2. The van der Waals surface area contributed by atoms with Gasteiger partial charge in [-0.2, -0.15) is 0 Å². The van der Waals surface area contributed by atoms with Gasteiger partial charge in [0.05, 0.1) is 12.3 Å². The largest absolute Gasteiger partial charge is 0.465 e. The maximum Gasteiger partial charge on any atom is 0.325 e. The van der Waals surface area contributed by atoms with Gasteiger partial charge in [0.15, 0.2) is 0 Å². The monoisotopic (exact) mass is 422 g/mol. The highest BCUT2D eigenvalue weighted by atomic mass is 19.1. The van der Waals surface area contributed by atoms with Gasteiger partial charge in [0.25, 0.3) is 0 Å². The highest BCUT2D eigenvalue weighted by Crippen LogP contribution is 2.21. The molecule has 1 aliphatic heterocycles. The fraction of sp³-hybridized carbons (Fsp3) is 0.571. The zero-order chi connectivity index (χ0) is 22.1. The summed E-state index contributed by atoms with van der Waals surface area (Å²) in [4.78, 5) is 40.3. The molecule has 2 N–H and O–H groups in total. The van der Waals surface area contributed by atoms with Crippen molar-refractivity contribution in [1.82, 2.24) is 15.5 Å². The summed E-state index contributed by atoms with van der Waals surface area (Å²) in [5, 5.41) is 5.12. The molecule has 0 saturated carbocycles. The summed E-state index contributed by atoms with van der Waals surface area (Å²) < 4.78 is 18.8. The first-order chi connectivity index (χ1) is 14.4. The molecule has 1 fully saturated rings. The number of esters is 1. The number of para-hydroxylation sites is 1. The lowest BCUT2D eigenvalue weighted by Crippen LogP contribution is -2.58. The molecule has 0 radical (unpaired) electrons. The van der Waals surface area contributed by atoms with Crippen LogP contribution in [0.5, 0.6) is 0 Å². The summed E-state index contributed by atoms with van der Waals surface area (Å²) in [5.41, 5.74) is 0.527. The lowest BCUT2D eigenvalue weighted by molar-refractivity contribution is -0.141. The minimum atomic E-state index is -0.711. The minimum absolute atomic E-state index is 0.0876. The number of halogens is 1. The summed E-state index contributed by atoms with van der Waals surface area (Å²) >= 11 is 0. The van der Waals surface area contributed by atoms with Crippen molar-refractivity contribution in [1.29, 1.82) is 0 Å². The SMILES string of the molecule is CCOC(=O)CNC(=O)NC(C(=O)N1CCN(c2ccccc2F)CC1)C(C)CC. The maximum absolute atomic E-state index is 14.0. The van der Waals surface area contributed by atoms with E-state index in [0.717, 1.165) is 0 Å². The molecular weight excluding hydrogens is 391 g/mol. The summed E-state index contributed by atoms with van der Waals surface area (Å²) in [5.74, 6) is -1.09. The Kier molecular flexibility index (Phi) is 8.89. The van der Waals surface area contributed by atoms with Crippen LogP contribution in [-0.2, 0) is 14.3 Å². The van der Waals surface area contributed by atoms with Gasteiger partial charge in [-0.1, -0.05) is 32.4 Å². The molecule has 0 bridgehead atoms. The number of rotatable bonds is 8. The summed E-state index contributed by atoms with van der Waals surface area (Å²) in [6.07, 6.45) is 0.698. The van der Waals surface area contributed by atoms with Crippen LogP contribution in [0.4, 0.5) is 14.9 Å². The molecule has 2 unspecified atom stereocenters. The quantitative estimate of drug-likeness (QED) is 0.623. The van der Waals surface area contributed by atoms with Crippen LogP contribution in [-0.4, -0.2) is 68.2 Å². The highest BCUT2D eigenvalue weighted by molar-refractivity contribution is 5.88. The molecule has 1 aromatic carbocycles. The number of carbonyl (C=O) groups excluding carboxylic acids is 3. The molecule has 0 spiro atoms. The van der Waals surface area contributed by atoms with E-state index in [1.165, 1.54) is 6.07 Å². The number of nitrogens with one attached hydrogen (secondary N) is 2. The highest BCUT2D eigenvalue weighted by Gasteiger charge is 2.32. The zero-order valence-electron chi connectivity index (χ0n) is 17.8. The molecule has 9 heteroatoms. The molecule has 0 aromatic heterocycles. The van der Waals surface area contributed by atoms with E-state index in [-0.39, 0.29) is 30.8 Å². The lowest BCUT2D eigenvalue weighted by Gasteiger charge is -2.38. The van der Waals surface area contributed by atoms with E-state index in [1.807, 2.05) is 18.7 Å². The molecule has 2 atom stereocenters. The second-order valence-corrected chi connectivity index (χ2v) is 7.26. The number of anilines is 1. The van der Waals surface area contributed by atoms with Gasteiger partial charge >= 0.3 is 12.0 Å². The number of hydrogen-bond acceptors (Lipinski definition) is 5. The van der Waals surface area contributed by atoms with E-state index < -0.39 is 18.0 Å². The first-order valence-electron chi connectivity index (χ1n) is 10.4. The molecule has 0 aliphatic carbocycles. The van der Waals surface area contributed by atoms with Crippen LogP contribution in [0.3, 0.4) is 0 Å². The zero-order valence-corrected chi connectivity index (χ0v) is 17.8. The summed E-state index contributed by atoms with van der Waals surface area (Å²) in [6, 6.07) is 5.28. The number of urea groups is 1. The molecule has 166 valence electrons. The molecule has 1 heterocycles. The van der Waals surface area contributed by atoms with Gasteiger partial charge < -0.3 is 25.2 Å². The number of hydrogen-bond donors (Lipinski definition) is 2. The minimum Gasteiger partial charge on any atom is -0.465 e. The van der Waals surface area contributed by atoms with E-state index in [0.29, 0.717) is 38.3 Å². The first kappa shape index (κ1) is 23.4. The molecule has 30 heavy (non-hydrogen) atoms. The van der Waals surface area contributed by atoms with Crippen molar-refractivity contribution in [2.75, 3.05) is 44.2 Å². The Bertz CT molecular complexity index is 737. The Morgan fingerprint density at radius 2 is 1.80 bits per heavy atom. The number of piperazine rings is 1. The second kappa shape index (κ2) is 11.4. The third-order valence-electron chi connectivity index (χ3n) is 5.25. The second-order valence-electron chi connectivity index (χ2n) is 7.26. The summed E-state index contributed by atoms with van der Waals surface area (Å²) in [7, 11) is 0. The van der Waals surface area contributed by atoms with Crippen molar-refractivity contribution < 1.29 is 23.5 Å². The van der Waals surface area contributed by atoms with Crippen molar-refractivity contribution in [2.45, 2.75) is 33.2 Å². The normalized spacial score (nSPS) is 15.9. The van der Waals surface area contributed by atoms with Crippen LogP contribution >= 0.6 is 0 Å².